The summed E-state index contributed by atoms with van der Waals surface area (Å²) in [4.78, 5) is 28.1. The van der Waals surface area contributed by atoms with Crippen molar-refractivity contribution in [2.45, 2.75) is 12.8 Å². The molecule has 25 heavy (non-hydrogen) atoms. The van der Waals surface area contributed by atoms with Gasteiger partial charge in [0, 0.05) is 29.5 Å². The Hall–Kier alpha value is -3.09. The highest BCUT2D eigenvalue weighted by atomic mass is 19.1. The van der Waals surface area contributed by atoms with Gasteiger partial charge >= 0.3 is 11.8 Å². The number of hydrogen-bond donors (Lipinski definition) is 0. The predicted molar refractivity (Wildman–Crippen MR) is 87.1 cm³/mol. The fraction of sp³-hybridized carbons (Fsp3) is 0.222. The van der Waals surface area contributed by atoms with Crippen molar-refractivity contribution in [2.24, 2.45) is 5.11 Å². The van der Waals surface area contributed by atoms with E-state index in [9.17, 15) is 14.0 Å². The van der Waals surface area contributed by atoms with Gasteiger partial charge in [0.15, 0.2) is 0 Å². The molecule has 1 atom stereocenters. The summed E-state index contributed by atoms with van der Waals surface area (Å²) in [6, 6.07) is 15.4. The topological polar surface area (TPSA) is 56.0 Å². The highest BCUT2D eigenvalue weighted by Gasteiger charge is 2.49. The van der Waals surface area contributed by atoms with Gasteiger partial charge in [0.2, 0.25) is 6.54 Å². The lowest BCUT2D eigenvalue weighted by Gasteiger charge is -2.27. The Bertz CT molecular complexity index is 851. The zero-order valence-electron chi connectivity index (χ0n) is 13.4. The summed E-state index contributed by atoms with van der Waals surface area (Å²) < 4.78 is 14.4. The fourth-order valence-electron chi connectivity index (χ4n) is 3.12. The molecule has 0 aliphatic carbocycles. The van der Waals surface area contributed by atoms with Crippen LogP contribution in [0.4, 0.5) is 10.1 Å². The maximum atomic E-state index is 13.2. The lowest BCUT2D eigenvalue weighted by Crippen LogP contribution is -2.51. The molecule has 2 heterocycles. The van der Waals surface area contributed by atoms with Gasteiger partial charge in [0.05, 0.1) is 0 Å². The quantitative estimate of drug-likeness (QED) is 0.635. The molecule has 2 aromatic carbocycles. The molecule has 7 heteroatoms. The first-order valence-electron chi connectivity index (χ1n) is 8.03. The number of rotatable bonds is 3. The third kappa shape index (κ3) is 2.77. The van der Waals surface area contributed by atoms with Gasteiger partial charge in [-0.2, -0.15) is 0 Å². The Morgan fingerprint density at radius 2 is 1.68 bits per heavy atom. The Labute approximate surface area is 143 Å². The van der Waals surface area contributed by atoms with Gasteiger partial charge in [-0.05, 0) is 29.0 Å². The van der Waals surface area contributed by atoms with Crippen LogP contribution in [0.3, 0.4) is 0 Å². The monoisotopic (exact) mass is 339 g/mol. The molecule has 126 valence electrons. The summed E-state index contributed by atoms with van der Waals surface area (Å²) in [6.07, 6.45) is -0.584. The maximum absolute atomic E-state index is 13.2. The van der Waals surface area contributed by atoms with E-state index in [2.05, 4.69) is 5.11 Å². The molecule has 1 fully saturated rings. The molecule has 4 rings (SSSR count). The van der Waals surface area contributed by atoms with Crippen LogP contribution in [0.25, 0.3) is 0 Å². The molecule has 2 aliphatic rings. The second-order valence-electron chi connectivity index (χ2n) is 5.98. The molecule has 2 aromatic rings. The van der Waals surface area contributed by atoms with Crippen molar-refractivity contribution in [3.8, 4) is 0 Å². The van der Waals surface area contributed by atoms with Gasteiger partial charge in [-0.25, -0.2) is 9.18 Å². The Balaban J connectivity index is 1.66. The summed E-state index contributed by atoms with van der Waals surface area (Å²) >= 11 is 0. The zero-order chi connectivity index (χ0) is 17.4. The minimum Gasteiger partial charge on any atom is -0.326 e. The molecule has 6 nitrogen and oxygen atoms in total. The normalized spacial score (nSPS) is 19.9. The standard InChI is InChI=1S/C18H16FN4O2/c19-14-6-8-15(9-7-14)21-10-11-22-16(24)17(25)23(20-18(21)22)12-13-4-2-1-3-5-13/h1-9,18H,10-12H2/q+1. The molecular formula is C18H16FN4O2+. The van der Waals surface area contributed by atoms with Crippen LogP contribution in [0.2, 0.25) is 0 Å². The number of benzene rings is 2. The highest BCUT2D eigenvalue weighted by molar-refractivity contribution is 6.31. The van der Waals surface area contributed by atoms with Gasteiger partial charge < -0.3 is 4.90 Å². The molecule has 0 aromatic heterocycles. The van der Waals surface area contributed by atoms with Gasteiger partial charge in [-0.15, -0.1) is 0 Å². The molecule has 0 bridgehead atoms. The van der Waals surface area contributed by atoms with Crippen molar-refractivity contribution in [2.75, 3.05) is 18.0 Å². The average molecular weight is 339 g/mol. The lowest BCUT2D eigenvalue weighted by atomic mass is 10.2. The molecule has 0 saturated carbocycles. The Morgan fingerprint density at radius 3 is 2.40 bits per heavy atom. The van der Waals surface area contributed by atoms with Crippen LogP contribution >= 0.6 is 0 Å². The highest BCUT2D eigenvalue weighted by Crippen LogP contribution is 2.27. The van der Waals surface area contributed by atoms with E-state index in [1.165, 1.54) is 21.7 Å². The van der Waals surface area contributed by atoms with E-state index in [1.807, 2.05) is 35.2 Å². The molecular weight excluding hydrogens is 323 g/mol. The molecule has 0 N–H and O–H groups in total. The van der Waals surface area contributed by atoms with Crippen molar-refractivity contribution in [1.29, 1.82) is 0 Å². The van der Waals surface area contributed by atoms with Crippen LogP contribution in [0.1, 0.15) is 5.56 Å². The molecule has 0 spiro atoms. The number of carbonyl (C=O) groups is 2. The largest absolute Gasteiger partial charge is 0.502 e. The fourth-order valence-corrected chi connectivity index (χ4v) is 3.12. The van der Waals surface area contributed by atoms with E-state index in [0.717, 1.165) is 11.3 Å². The number of fused-ring (bicyclic) bond motifs is 1. The molecule has 0 radical (unpaired) electrons. The first kappa shape index (κ1) is 15.4. The van der Waals surface area contributed by atoms with E-state index in [1.54, 1.807) is 12.1 Å². The molecule has 2 aliphatic heterocycles. The van der Waals surface area contributed by atoms with Crippen molar-refractivity contribution in [1.82, 2.24) is 4.90 Å². The summed E-state index contributed by atoms with van der Waals surface area (Å²) in [5, 5.41) is 4.47. The third-order valence-corrected chi connectivity index (χ3v) is 4.39. The van der Waals surface area contributed by atoms with Crippen LogP contribution in [-0.4, -0.2) is 40.8 Å². The number of carbonyl (C=O) groups excluding carboxylic acids is 2. The summed E-state index contributed by atoms with van der Waals surface area (Å²) in [6.45, 7) is 1.19. The average Bonchev–Trinajstić information content (AvgIpc) is 3.05. The number of amides is 2. The second-order valence-corrected chi connectivity index (χ2v) is 5.98. The van der Waals surface area contributed by atoms with Gasteiger partial charge in [-0.1, -0.05) is 30.3 Å². The van der Waals surface area contributed by atoms with E-state index in [-0.39, 0.29) is 12.4 Å². The number of halogens is 1. The molecule has 1 unspecified atom stereocenters. The number of azo groups is 2. The van der Waals surface area contributed by atoms with Crippen molar-refractivity contribution >= 4 is 17.5 Å². The van der Waals surface area contributed by atoms with E-state index >= 15 is 0 Å². The first-order chi connectivity index (χ1) is 12.1. The smallest absolute Gasteiger partial charge is 0.326 e. The second kappa shape index (κ2) is 6.08. The first-order valence-corrected chi connectivity index (χ1v) is 8.03. The van der Waals surface area contributed by atoms with Gasteiger partial charge in [0.25, 0.3) is 6.29 Å². The van der Waals surface area contributed by atoms with E-state index < -0.39 is 18.1 Å². The van der Waals surface area contributed by atoms with Gasteiger partial charge in [-0.3, -0.25) is 9.69 Å². The maximum Gasteiger partial charge on any atom is 0.502 e. The zero-order valence-corrected chi connectivity index (χ0v) is 13.4. The molecule has 2 amide bonds. The van der Waals surface area contributed by atoms with Crippen LogP contribution in [-0.2, 0) is 16.1 Å². The lowest BCUT2D eigenvalue weighted by molar-refractivity contribution is -0.534. The minimum absolute atomic E-state index is 0.243. The van der Waals surface area contributed by atoms with Crippen molar-refractivity contribution < 1.29 is 18.7 Å². The molecule has 1 saturated heterocycles. The van der Waals surface area contributed by atoms with Crippen LogP contribution < -0.4 is 4.90 Å². The van der Waals surface area contributed by atoms with E-state index in [0.29, 0.717) is 13.1 Å². The van der Waals surface area contributed by atoms with Gasteiger partial charge in [0.1, 0.15) is 5.82 Å². The van der Waals surface area contributed by atoms with Crippen LogP contribution in [0.15, 0.2) is 59.7 Å². The predicted octanol–water partition coefficient (Wildman–Crippen LogP) is 1.96. The Kier molecular flexibility index (Phi) is 3.76. The third-order valence-electron chi connectivity index (χ3n) is 4.39. The van der Waals surface area contributed by atoms with Crippen LogP contribution in [0, 0.1) is 5.82 Å². The number of hydrogen-bond acceptors (Lipinski definition) is 4. The van der Waals surface area contributed by atoms with Crippen LogP contribution in [0.5, 0.6) is 0 Å². The van der Waals surface area contributed by atoms with Crippen molar-refractivity contribution in [3.63, 3.8) is 0 Å². The number of anilines is 1. The van der Waals surface area contributed by atoms with Crippen molar-refractivity contribution in [3.05, 3.63) is 66.0 Å². The number of nitrogens with zero attached hydrogens (tertiary/aromatic N) is 4. The van der Waals surface area contributed by atoms with E-state index in [4.69, 9.17) is 0 Å². The SMILES string of the molecule is O=C1C(=O)[N+](Cc2ccccc2)=NC2N1CCN2c1ccc(F)cc1. The summed E-state index contributed by atoms with van der Waals surface area (Å²) in [5.41, 5.74) is 1.66. The minimum atomic E-state index is -0.624. The summed E-state index contributed by atoms with van der Waals surface area (Å²) in [7, 11) is 0. The summed E-state index contributed by atoms with van der Waals surface area (Å²) in [5.74, 6) is -1.50. The Morgan fingerprint density at radius 1 is 1.00 bits per heavy atom.